The zero-order chi connectivity index (χ0) is 12.7. The first-order valence-electron chi connectivity index (χ1n) is 5.02. The molecule has 2 atom stereocenters. The van der Waals surface area contributed by atoms with Crippen LogP contribution < -0.4 is 0 Å². The van der Waals surface area contributed by atoms with Gasteiger partial charge >= 0.3 is 0 Å². The second-order valence-corrected chi connectivity index (χ2v) is 8.05. The van der Waals surface area contributed by atoms with E-state index >= 15 is 0 Å². The third-order valence-electron chi connectivity index (χ3n) is 3.00. The zero-order valence-corrected chi connectivity index (χ0v) is 13.1. The Hall–Kier alpha value is -0.100. The Balaban J connectivity index is 3.05. The molecule has 92 valence electrons. The first kappa shape index (κ1) is 14.0. The third kappa shape index (κ3) is 2.42. The number of nitrogens with zero attached hydrogens (tertiary/aromatic N) is 2. The first-order chi connectivity index (χ1) is 7.08. The van der Waals surface area contributed by atoms with Crippen LogP contribution in [0.4, 0.5) is 0 Å². The van der Waals surface area contributed by atoms with Gasteiger partial charge in [0.25, 0.3) is 0 Å². The highest BCUT2D eigenvalue weighted by molar-refractivity contribution is 9.13. The van der Waals surface area contributed by atoms with Gasteiger partial charge in [0.05, 0.1) is 21.7 Å². The molecule has 4 nitrogen and oxygen atoms in total. The van der Waals surface area contributed by atoms with E-state index in [1.54, 1.807) is 0 Å². The van der Waals surface area contributed by atoms with Gasteiger partial charge in [-0.2, -0.15) is 0 Å². The Morgan fingerprint density at radius 2 is 1.19 bits per heavy atom. The third-order valence-corrected chi connectivity index (χ3v) is 5.78. The van der Waals surface area contributed by atoms with Gasteiger partial charge in [-0.05, 0) is 13.8 Å². The molecule has 1 aliphatic rings. The Morgan fingerprint density at radius 3 is 1.38 bits per heavy atom. The monoisotopic (exact) mass is 354 g/mol. The molecule has 0 aliphatic carbocycles. The van der Waals surface area contributed by atoms with Crippen molar-refractivity contribution >= 4 is 43.7 Å². The number of hydrazine groups is 1. The lowest BCUT2D eigenvalue weighted by atomic mass is 9.92. The number of halogens is 2. The van der Waals surface area contributed by atoms with Crippen molar-refractivity contribution in [2.75, 3.05) is 13.1 Å². The van der Waals surface area contributed by atoms with Crippen molar-refractivity contribution in [2.24, 2.45) is 0 Å². The Morgan fingerprint density at radius 1 is 0.938 bits per heavy atom. The quantitative estimate of drug-likeness (QED) is 0.623. The molecule has 2 unspecified atom stereocenters. The SMILES string of the molecule is CC(=O)N1CC(C)(Br)C(C)(Br)CN1C(C)=O. The molecule has 0 aromatic heterocycles. The largest absolute Gasteiger partial charge is 0.273 e. The molecule has 2 amide bonds. The molecule has 0 aromatic carbocycles. The zero-order valence-electron chi connectivity index (χ0n) is 9.88. The summed E-state index contributed by atoms with van der Waals surface area (Å²) < 4.78 is -0.532. The molecular weight excluding hydrogens is 340 g/mol. The number of rotatable bonds is 0. The van der Waals surface area contributed by atoms with E-state index in [9.17, 15) is 9.59 Å². The topological polar surface area (TPSA) is 40.6 Å². The minimum absolute atomic E-state index is 0.121. The van der Waals surface area contributed by atoms with Crippen LogP contribution in [0.25, 0.3) is 0 Å². The van der Waals surface area contributed by atoms with Crippen LogP contribution in [-0.2, 0) is 9.59 Å². The van der Waals surface area contributed by atoms with Gasteiger partial charge in [0.15, 0.2) is 0 Å². The van der Waals surface area contributed by atoms with Gasteiger partial charge in [-0.25, -0.2) is 0 Å². The summed E-state index contributed by atoms with van der Waals surface area (Å²) in [5, 5.41) is 2.97. The van der Waals surface area contributed by atoms with Crippen LogP contribution in [0.1, 0.15) is 27.7 Å². The lowest BCUT2D eigenvalue weighted by Gasteiger charge is -2.51. The minimum atomic E-state index is -0.266. The van der Waals surface area contributed by atoms with Gasteiger partial charge in [0, 0.05) is 13.8 Å². The predicted octanol–water partition coefficient (Wildman–Crippen LogP) is 1.92. The van der Waals surface area contributed by atoms with E-state index in [4.69, 9.17) is 0 Å². The van der Waals surface area contributed by atoms with E-state index in [1.807, 2.05) is 13.8 Å². The summed E-state index contributed by atoms with van der Waals surface area (Å²) in [5.41, 5.74) is 0. The van der Waals surface area contributed by atoms with Crippen LogP contribution in [0.5, 0.6) is 0 Å². The maximum atomic E-state index is 11.5. The molecule has 0 spiro atoms. The molecule has 16 heavy (non-hydrogen) atoms. The van der Waals surface area contributed by atoms with E-state index in [1.165, 1.54) is 23.9 Å². The van der Waals surface area contributed by atoms with Gasteiger partial charge in [-0.15, -0.1) is 0 Å². The normalized spacial score (nSPS) is 35.1. The first-order valence-corrected chi connectivity index (χ1v) is 6.61. The maximum absolute atomic E-state index is 11.5. The predicted molar refractivity (Wildman–Crippen MR) is 69.4 cm³/mol. The number of amides is 2. The fourth-order valence-corrected chi connectivity index (χ4v) is 2.35. The number of alkyl halides is 2. The number of carbonyl (C=O) groups is 2. The van der Waals surface area contributed by atoms with Crippen molar-refractivity contribution in [3.63, 3.8) is 0 Å². The molecular formula is C10H16Br2N2O2. The Kier molecular flexibility index (Phi) is 3.75. The fourth-order valence-electron chi connectivity index (χ4n) is 1.63. The molecule has 0 radical (unpaired) electrons. The van der Waals surface area contributed by atoms with Crippen LogP contribution in [0.2, 0.25) is 0 Å². The van der Waals surface area contributed by atoms with Crippen molar-refractivity contribution in [2.45, 2.75) is 36.3 Å². The molecule has 0 bridgehead atoms. The van der Waals surface area contributed by atoms with Gasteiger partial charge in [0.2, 0.25) is 11.8 Å². The van der Waals surface area contributed by atoms with Gasteiger partial charge < -0.3 is 0 Å². The van der Waals surface area contributed by atoms with Crippen LogP contribution in [-0.4, -0.2) is 43.6 Å². The summed E-state index contributed by atoms with van der Waals surface area (Å²) in [5.74, 6) is -0.243. The van der Waals surface area contributed by atoms with E-state index in [-0.39, 0.29) is 20.5 Å². The lowest BCUT2D eigenvalue weighted by molar-refractivity contribution is -0.167. The highest BCUT2D eigenvalue weighted by atomic mass is 79.9. The fraction of sp³-hybridized carbons (Fsp3) is 0.800. The van der Waals surface area contributed by atoms with E-state index in [0.29, 0.717) is 13.1 Å². The molecule has 1 heterocycles. The number of carbonyl (C=O) groups excluding carboxylic acids is 2. The summed E-state index contributed by atoms with van der Waals surface area (Å²) in [6.07, 6.45) is 0. The molecule has 0 N–H and O–H groups in total. The van der Waals surface area contributed by atoms with E-state index in [2.05, 4.69) is 31.9 Å². The van der Waals surface area contributed by atoms with E-state index < -0.39 is 0 Å². The highest BCUT2D eigenvalue weighted by Gasteiger charge is 2.50. The average Bonchev–Trinajstić information content (AvgIpc) is 2.08. The summed E-state index contributed by atoms with van der Waals surface area (Å²) in [6, 6.07) is 0. The molecule has 1 saturated heterocycles. The smallest absolute Gasteiger partial charge is 0.238 e. The molecule has 1 fully saturated rings. The highest BCUT2D eigenvalue weighted by Crippen LogP contribution is 2.43. The second kappa shape index (κ2) is 4.29. The van der Waals surface area contributed by atoms with Crippen molar-refractivity contribution < 1.29 is 9.59 Å². The van der Waals surface area contributed by atoms with Crippen LogP contribution >= 0.6 is 31.9 Å². The van der Waals surface area contributed by atoms with Gasteiger partial charge in [0.1, 0.15) is 0 Å². The standard InChI is InChI=1S/C10H16Br2N2O2/c1-7(15)13-5-9(3,11)10(4,12)6-14(13)8(2)16/h5-6H2,1-4H3. The number of hydrogen-bond acceptors (Lipinski definition) is 2. The number of hydrogen-bond donors (Lipinski definition) is 0. The molecule has 0 aromatic rings. The van der Waals surface area contributed by atoms with E-state index in [0.717, 1.165) is 0 Å². The van der Waals surface area contributed by atoms with Crippen LogP contribution in [0.3, 0.4) is 0 Å². The Labute approximate surface area is 113 Å². The van der Waals surface area contributed by atoms with Crippen LogP contribution in [0.15, 0.2) is 0 Å². The minimum Gasteiger partial charge on any atom is -0.273 e. The maximum Gasteiger partial charge on any atom is 0.238 e. The van der Waals surface area contributed by atoms with Crippen molar-refractivity contribution in [3.05, 3.63) is 0 Å². The van der Waals surface area contributed by atoms with Crippen LogP contribution in [0, 0.1) is 0 Å². The van der Waals surface area contributed by atoms with Crippen molar-refractivity contribution in [1.29, 1.82) is 0 Å². The summed E-state index contributed by atoms with van der Waals surface area (Å²) >= 11 is 7.24. The lowest BCUT2D eigenvalue weighted by Crippen LogP contribution is -2.67. The molecule has 1 aliphatic heterocycles. The van der Waals surface area contributed by atoms with Crippen molar-refractivity contribution in [1.82, 2.24) is 10.0 Å². The summed E-state index contributed by atoms with van der Waals surface area (Å²) in [7, 11) is 0. The average molecular weight is 356 g/mol. The summed E-state index contributed by atoms with van der Waals surface area (Å²) in [6.45, 7) is 7.88. The van der Waals surface area contributed by atoms with Gasteiger partial charge in [-0.1, -0.05) is 31.9 Å². The Bertz CT molecular complexity index is 297. The van der Waals surface area contributed by atoms with Crippen molar-refractivity contribution in [3.8, 4) is 0 Å². The molecule has 1 rings (SSSR count). The second-order valence-electron chi connectivity index (χ2n) is 4.55. The molecule has 6 heteroatoms. The molecule has 0 saturated carbocycles. The van der Waals surface area contributed by atoms with Gasteiger partial charge in [-0.3, -0.25) is 19.6 Å². The summed E-state index contributed by atoms with van der Waals surface area (Å²) in [4.78, 5) is 23.0.